The minimum Gasteiger partial charge on any atom is -0.225 e. The highest BCUT2D eigenvalue weighted by atomic mass is 35.5. The summed E-state index contributed by atoms with van der Waals surface area (Å²) in [5, 5.41) is 3.91. The van der Waals surface area contributed by atoms with Gasteiger partial charge in [0.15, 0.2) is 0 Å². The summed E-state index contributed by atoms with van der Waals surface area (Å²) < 4.78 is 4.52. The molecule has 0 spiro atoms. The topological polar surface area (TPSA) is 8.81 Å². The highest BCUT2D eigenvalue weighted by Gasteiger charge is 2.31. The highest BCUT2D eigenvalue weighted by Crippen LogP contribution is 2.37. The van der Waals surface area contributed by atoms with Crippen LogP contribution >= 0.6 is 22.9 Å². The fourth-order valence-electron chi connectivity index (χ4n) is 3.99. The lowest BCUT2D eigenvalue weighted by Crippen LogP contribution is -2.29. The quantitative estimate of drug-likeness (QED) is 0.344. The summed E-state index contributed by atoms with van der Waals surface area (Å²) in [6.07, 6.45) is 4.26. The van der Waals surface area contributed by atoms with Crippen LogP contribution in [0.3, 0.4) is 0 Å². The van der Waals surface area contributed by atoms with Crippen molar-refractivity contribution < 1.29 is 4.57 Å². The molecule has 0 bridgehead atoms. The molecule has 1 aliphatic heterocycles. The lowest BCUT2D eigenvalue weighted by atomic mass is 9.93. The molecule has 5 rings (SSSR count). The molecule has 2 aromatic carbocycles. The first kappa shape index (κ1) is 15.9. The molecule has 3 heterocycles. The molecule has 26 heavy (non-hydrogen) atoms. The molecule has 1 aliphatic rings. The first-order valence-electron chi connectivity index (χ1n) is 8.67. The van der Waals surface area contributed by atoms with E-state index >= 15 is 0 Å². The van der Waals surface area contributed by atoms with Crippen LogP contribution in [0, 0.1) is 13.8 Å². The number of fused-ring (bicyclic) bond motifs is 3. The van der Waals surface area contributed by atoms with Gasteiger partial charge < -0.3 is 0 Å². The van der Waals surface area contributed by atoms with Gasteiger partial charge in [-0.2, -0.15) is 4.57 Å². The second kappa shape index (κ2) is 5.83. The third kappa shape index (κ3) is 2.28. The molecule has 0 saturated heterocycles. The predicted octanol–water partition coefficient (Wildman–Crippen LogP) is 5.79. The van der Waals surface area contributed by atoms with Crippen LogP contribution in [0.1, 0.15) is 16.7 Å². The van der Waals surface area contributed by atoms with E-state index in [4.69, 9.17) is 11.6 Å². The van der Waals surface area contributed by atoms with Crippen LogP contribution in [0.15, 0.2) is 60.2 Å². The summed E-state index contributed by atoms with van der Waals surface area (Å²) in [4.78, 5) is 0. The molecule has 0 fully saturated rings. The average molecular weight is 378 g/mol. The number of rotatable bonds is 2. The average Bonchev–Trinajstić information content (AvgIpc) is 3.29. The summed E-state index contributed by atoms with van der Waals surface area (Å²) >= 11 is 8.08. The standard InChI is InChI=1S/C22H18ClN2S/c1-14-4-3-5-15(2)20(14)16-6-7-17-13-24-9-10-25(21(24)18(17)12-16)22-19(23)8-11-26-22/h3-12H,13H2,1-2H3/q+1. The Kier molecular flexibility index (Phi) is 3.56. The van der Waals surface area contributed by atoms with Gasteiger partial charge in [-0.15, -0.1) is 11.3 Å². The third-order valence-corrected chi connectivity index (χ3v) is 6.50. The van der Waals surface area contributed by atoms with Crippen molar-refractivity contribution in [2.45, 2.75) is 20.4 Å². The van der Waals surface area contributed by atoms with E-state index in [1.54, 1.807) is 11.3 Å². The first-order chi connectivity index (χ1) is 12.6. The van der Waals surface area contributed by atoms with Crippen molar-refractivity contribution in [1.29, 1.82) is 0 Å². The summed E-state index contributed by atoms with van der Waals surface area (Å²) in [5.74, 6) is 1.21. The Balaban J connectivity index is 1.72. The Hall–Kier alpha value is -2.36. The second-order valence-corrected chi connectivity index (χ2v) is 8.13. The van der Waals surface area contributed by atoms with Gasteiger partial charge in [-0.05, 0) is 53.6 Å². The molecule has 128 valence electrons. The number of nitrogens with zero attached hydrogens (tertiary/aromatic N) is 2. The molecule has 0 radical (unpaired) electrons. The molecular weight excluding hydrogens is 360 g/mol. The predicted molar refractivity (Wildman–Crippen MR) is 108 cm³/mol. The van der Waals surface area contributed by atoms with Crippen LogP contribution in [0.2, 0.25) is 5.02 Å². The SMILES string of the molecule is Cc1cccc(C)c1-c1ccc2c(c1)-c1n(-c3sccc3Cl)cc[n+]1C2. The molecule has 0 unspecified atom stereocenters. The third-order valence-electron chi connectivity index (χ3n) is 5.17. The lowest BCUT2D eigenvalue weighted by molar-refractivity contribution is -0.671. The zero-order valence-corrected chi connectivity index (χ0v) is 16.2. The Labute approximate surface area is 161 Å². The van der Waals surface area contributed by atoms with Crippen molar-refractivity contribution >= 4 is 22.9 Å². The molecule has 0 N–H and O–H groups in total. The van der Waals surface area contributed by atoms with E-state index in [9.17, 15) is 0 Å². The Bertz CT molecular complexity index is 1130. The number of hydrogen-bond donors (Lipinski definition) is 0. The van der Waals surface area contributed by atoms with Gasteiger partial charge in [-0.3, -0.25) is 0 Å². The Morgan fingerprint density at radius 1 is 1.08 bits per heavy atom. The minimum absolute atomic E-state index is 0.799. The van der Waals surface area contributed by atoms with E-state index in [0.717, 1.165) is 16.6 Å². The number of benzene rings is 2. The molecule has 0 atom stereocenters. The zero-order chi connectivity index (χ0) is 17.8. The number of thiophene rings is 1. The van der Waals surface area contributed by atoms with Gasteiger partial charge in [0.25, 0.3) is 5.82 Å². The van der Waals surface area contributed by atoms with E-state index in [-0.39, 0.29) is 0 Å². The number of halogens is 1. The minimum atomic E-state index is 0.799. The van der Waals surface area contributed by atoms with Crippen molar-refractivity contribution in [3.63, 3.8) is 0 Å². The van der Waals surface area contributed by atoms with Crippen molar-refractivity contribution in [2.75, 3.05) is 0 Å². The van der Waals surface area contributed by atoms with Crippen molar-refractivity contribution in [1.82, 2.24) is 4.57 Å². The largest absolute Gasteiger partial charge is 0.295 e. The van der Waals surface area contributed by atoms with Gasteiger partial charge in [0.2, 0.25) is 5.00 Å². The van der Waals surface area contributed by atoms with Crippen LogP contribution in [0.4, 0.5) is 0 Å². The van der Waals surface area contributed by atoms with Crippen molar-refractivity contribution in [3.05, 3.63) is 82.0 Å². The lowest BCUT2D eigenvalue weighted by Gasteiger charge is -2.11. The number of imidazole rings is 1. The van der Waals surface area contributed by atoms with Crippen LogP contribution in [0.25, 0.3) is 27.5 Å². The van der Waals surface area contributed by atoms with E-state index in [1.165, 1.54) is 39.2 Å². The molecule has 0 aliphatic carbocycles. The monoisotopic (exact) mass is 377 g/mol. The molecule has 2 aromatic heterocycles. The summed E-state index contributed by atoms with van der Waals surface area (Å²) in [7, 11) is 0. The fraction of sp³-hybridized carbons (Fsp3) is 0.136. The first-order valence-corrected chi connectivity index (χ1v) is 9.93. The second-order valence-electron chi connectivity index (χ2n) is 6.83. The van der Waals surface area contributed by atoms with Gasteiger partial charge in [-0.1, -0.05) is 41.9 Å². The van der Waals surface area contributed by atoms with E-state index in [0.29, 0.717) is 0 Å². The van der Waals surface area contributed by atoms with Gasteiger partial charge in [0.05, 0.1) is 10.6 Å². The molecule has 4 heteroatoms. The molecule has 4 aromatic rings. The van der Waals surface area contributed by atoms with Gasteiger partial charge in [0, 0.05) is 5.56 Å². The Morgan fingerprint density at radius 3 is 2.62 bits per heavy atom. The zero-order valence-electron chi connectivity index (χ0n) is 14.7. The number of hydrogen-bond acceptors (Lipinski definition) is 1. The molecule has 2 nitrogen and oxygen atoms in total. The van der Waals surface area contributed by atoms with Gasteiger partial charge in [-0.25, -0.2) is 4.57 Å². The smallest absolute Gasteiger partial charge is 0.225 e. The molecular formula is C22H18ClN2S+. The normalized spacial score (nSPS) is 12.3. The van der Waals surface area contributed by atoms with Crippen LogP contribution in [-0.4, -0.2) is 4.57 Å². The van der Waals surface area contributed by atoms with E-state index in [2.05, 4.69) is 71.8 Å². The van der Waals surface area contributed by atoms with E-state index in [1.807, 2.05) is 11.4 Å². The molecule has 0 saturated carbocycles. The summed E-state index contributed by atoms with van der Waals surface area (Å²) in [6, 6.07) is 15.3. The maximum absolute atomic E-state index is 6.41. The van der Waals surface area contributed by atoms with Crippen molar-refractivity contribution in [3.8, 4) is 27.5 Å². The summed E-state index contributed by atoms with van der Waals surface area (Å²) in [5.41, 5.74) is 7.88. The highest BCUT2D eigenvalue weighted by molar-refractivity contribution is 7.13. The van der Waals surface area contributed by atoms with E-state index < -0.39 is 0 Å². The number of aryl methyl sites for hydroxylation is 2. The van der Waals surface area contributed by atoms with Crippen LogP contribution < -0.4 is 4.57 Å². The van der Waals surface area contributed by atoms with Crippen molar-refractivity contribution in [2.24, 2.45) is 0 Å². The van der Waals surface area contributed by atoms with Gasteiger partial charge >= 0.3 is 0 Å². The summed E-state index contributed by atoms with van der Waals surface area (Å²) in [6.45, 7) is 5.28. The fourth-order valence-corrected chi connectivity index (χ4v) is 5.13. The maximum Gasteiger partial charge on any atom is 0.295 e. The van der Waals surface area contributed by atoms with Crippen LogP contribution in [0.5, 0.6) is 0 Å². The van der Waals surface area contributed by atoms with Gasteiger partial charge in [0.1, 0.15) is 18.9 Å². The maximum atomic E-state index is 6.41. The Morgan fingerprint density at radius 2 is 1.88 bits per heavy atom. The van der Waals surface area contributed by atoms with Crippen LogP contribution in [-0.2, 0) is 6.54 Å². The number of aromatic nitrogens is 2. The molecule has 0 amide bonds.